The number of nitrogens with one attached hydrogen (secondary N) is 2. The zero-order valence-corrected chi connectivity index (χ0v) is 22.0. The molecule has 35 heavy (non-hydrogen) atoms. The van der Waals surface area contributed by atoms with Gasteiger partial charge in [0.2, 0.25) is 15.9 Å². The number of halogens is 1. The molecule has 0 saturated carbocycles. The van der Waals surface area contributed by atoms with Gasteiger partial charge in [0.15, 0.2) is 0 Å². The van der Waals surface area contributed by atoms with E-state index < -0.39 is 32.0 Å². The van der Waals surface area contributed by atoms with Gasteiger partial charge in [-0.1, -0.05) is 29.8 Å². The third-order valence-corrected chi connectivity index (χ3v) is 8.06. The van der Waals surface area contributed by atoms with Crippen molar-refractivity contribution in [2.24, 2.45) is 0 Å². The van der Waals surface area contributed by atoms with Crippen molar-refractivity contribution in [3.8, 4) is 0 Å². The van der Waals surface area contributed by atoms with Crippen molar-refractivity contribution < 1.29 is 21.6 Å². The minimum absolute atomic E-state index is 0.0115. The predicted molar refractivity (Wildman–Crippen MR) is 140 cm³/mol. The SMILES string of the molecule is Cc1cccc(NS(=O)(=O)c2ccc(NC(=O)[C@@H](C)N(c3cc(Cl)ccc3C)S(C)(=O)=O)cc2)c1. The molecule has 0 bridgehead atoms. The number of rotatable bonds is 8. The summed E-state index contributed by atoms with van der Waals surface area (Å²) < 4.78 is 54.0. The molecule has 2 N–H and O–H groups in total. The summed E-state index contributed by atoms with van der Waals surface area (Å²) in [6.07, 6.45) is 1.01. The first-order valence-electron chi connectivity index (χ1n) is 10.5. The molecular formula is C24H26ClN3O5S2. The Labute approximate surface area is 211 Å². The number of hydrogen-bond acceptors (Lipinski definition) is 5. The molecule has 3 aromatic carbocycles. The molecule has 3 rings (SSSR count). The zero-order chi connectivity index (χ0) is 26.0. The van der Waals surface area contributed by atoms with Gasteiger partial charge in [-0.05, 0) is 80.4 Å². The van der Waals surface area contributed by atoms with Crippen LogP contribution in [-0.2, 0) is 24.8 Å². The molecule has 1 amide bonds. The van der Waals surface area contributed by atoms with Crippen LogP contribution in [0.15, 0.2) is 71.6 Å². The summed E-state index contributed by atoms with van der Waals surface area (Å²) in [7, 11) is -7.66. The molecule has 0 radical (unpaired) electrons. The Morgan fingerprint density at radius 3 is 2.17 bits per heavy atom. The van der Waals surface area contributed by atoms with E-state index in [1.807, 2.05) is 13.0 Å². The molecule has 0 fully saturated rings. The monoisotopic (exact) mass is 535 g/mol. The van der Waals surface area contributed by atoms with Gasteiger partial charge in [-0.2, -0.15) is 0 Å². The lowest BCUT2D eigenvalue weighted by molar-refractivity contribution is -0.116. The van der Waals surface area contributed by atoms with Gasteiger partial charge in [-0.25, -0.2) is 16.8 Å². The van der Waals surface area contributed by atoms with Crippen molar-refractivity contribution >= 4 is 54.6 Å². The molecule has 0 spiro atoms. The van der Waals surface area contributed by atoms with Crippen LogP contribution in [0.25, 0.3) is 0 Å². The van der Waals surface area contributed by atoms with Gasteiger partial charge in [0.05, 0.1) is 16.8 Å². The predicted octanol–water partition coefficient (Wildman–Crippen LogP) is 4.55. The normalized spacial score (nSPS) is 12.6. The third kappa shape index (κ3) is 6.53. The maximum absolute atomic E-state index is 12.9. The van der Waals surface area contributed by atoms with Gasteiger partial charge in [0.1, 0.15) is 6.04 Å². The molecule has 0 aliphatic heterocycles. The molecule has 0 aliphatic carbocycles. The van der Waals surface area contributed by atoms with Crippen LogP contribution in [0.3, 0.4) is 0 Å². The van der Waals surface area contributed by atoms with Gasteiger partial charge in [-0.3, -0.25) is 13.8 Å². The molecule has 0 heterocycles. The highest BCUT2D eigenvalue weighted by Crippen LogP contribution is 2.29. The highest BCUT2D eigenvalue weighted by Gasteiger charge is 2.30. The molecule has 0 aromatic heterocycles. The highest BCUT2D eigenvalue weighted by atomic mass is 35.5. The van der Waals surface area contributed by atoms with Gasteiger partial charge >= 0.3 is 0 Å². The molecule has 186 valence electrons. The van der Waals surface area contributed by atoms with Crippen LogP contribution in [0.5, 0.6) is 0 Å². The van der Waals surface area contributed by atoms with Crippen LogP contribution in [0.1, 0.15) is 18.1 Å². The van der Waals surface area contributed by atoms with Crippen molar-refractivity contribution in [3.05, 3.63) is 82.9 Å². The molecule has 3 aromatic rings. The first-order chi connectivity index (χ1) is 16.3. The summed E-state index contributed by atoms with van der Waals surface area (Å²) in [4.78, 5) is 13.0. The van der Waals surface area contributed by atoms with Crippen LogP contribution < -0.4 is 14.3 Å². The quantitative estimate of drug-likeness (QED) is 0.439. The average molecular weight is 536 g/mol. The summed E-state index contributed by atoms with van der Waals surface area (Å²) >= 11 is 6.06. The smallest absolute Gasteiger partial charge is 0.261 e. The molecule has 0 aliphatic rings. The summed E-state index contributed by atoms with van der Waals surface area (Å²) in [5.74, 6) is -0.594. The zero-order valence-electron chi connectivity index (χ0n) is 19.6. The van der Waals surface area contributed by atoms with Gasteiger partial charge < -0.3 is 5.32 Å². The van der Waals surface area contributed by atoms with Crippen LogP contribution in [0.2, 0.25) is 5.02 Å². The van der Waals surface area contributed by atoms with E-state index in [1.165, 1.54) is 37.3 Å². The maximum atomic E-state index is 12.9. The molecular weight excluding hydrogens is 510 g/mol. The van der Waals surface area contributed by atoms with Crippen LogP contribution in [0.4, 0.5) is 17.1 Å². The first kappa shape index (κ1) is 26.5. The molecule has 8 nitrogen and oxygen atoms in total. The van der Waals surface area contributed by atoms with Crippen molar-refractivity contribution in [1.29, 1.82) is 0 Å². The highest BCUT2D eigenvalue weighted by molar-refractivity contribution is 7.92. The lowest BCUT2D eigenvalue weighted by Gasteiger charge is -2.29. The van der Waals surface area contributed by atoms with E-state index in [1.54, 1.807) is 37.3 Å². The fourth-order valence-electron chi connectivity index (χ4n) is 3.49. The Balaban J connectivity index is 1.79. The molecule has 1 atom stereocenters. The van der Waals surface area contributed by atoms with E-state index in [2.05, 4.69) is 10.0 Å². The number of nitrogens with zero attached hydrogens (tertiary/aromatic N) is 1. The maximum Gasteiger partial charge on any atom is 0.261 e. The largest absolute Gasteiger partial charge is 0.324 e. The molecule has 0 unspecified atom stereocenters. The van der Waals surface area contributed by atoms with Crippen molar-refractivity contribution in [1.82, 2.24) is 0 Å². The number of amides is 1. The number of carbonyl (C=O) groups is 1. The van der Waals surface area contributed by atoms with E-state index in [9.17, 15) is 21.6 Å². The van der Waals surface area contributed by atoms with E-state index in [0.717, 1.165) is 16.1 Å². The number of sulfonamides is 2. The van der Waals surface area contributed by atoms with Crippen molar-refractivity contribution in [3.63, 3.8) is 0 Å². The van der Waals surface area contributed by atoms with E-state index in [4.69, 9.17) is 11.6 Å². The number of carbonyl (C=O) groups excluding carboxylic acids is 1. The first-order valence-corrected chi connectivity index (χ1v) is 14.2. The van der Waals surface area contributed by atoms with Crippen LogP contribution >= 0.6 is 11.6 Å². The number of hydrogen-bond donors (Lipinski definition) is 2. The van der Waals surface area contributed by atoms with E-state index in [0.29, 0.717) is 27.6 Å². The number of anilines is 3. The second kappa shape index (κ2) is 10.3. The molecule has 11 heteroatoms. The number of benzene rings is 3. The fourth-order valence-corrected chi connectivity index (χ4v) is 5.93. The number of aryl methyl sites for hydroxylation is 2. The lowest BCUT2D eigenvalue weighted by atomic mass is 10.1. The average Bonchev–Trinajstić information content (AvgIpc) is 2.75. The van der Waals surface area contributed by atoms with Crippen molar-refractivity contribution in [2.75, 3.05) is 20.6 Å². The second-order valence-electron chi connectivity index (χ2n) is 8.15. The Morgan fingerprint density at radius 1 is 0.914 bits per heavy atom. The molecule has 0 saturated heterocycles. The standard InChI is InChI=1S/C24H26ClN3O5S2/c1-16-6-5-7-21(14-16)27-35(32,33)22-12-10-20(11-13-22)26-24(29)18(3)28(34(4,30)31)23-15-19(25)9-8-17(23)2/h5-15,18,27H,1-4H3,(H,26,29)/t18-/m1/s1. The summed E-state index contributed by atoms with van der Waals surface area (Å²) in [6, 6.07) is 16.2. The minimum atomic E-state index is -3.83. The summed E-state index contributed by atoms with van der Waals surface area (Å²) in [5.41, 5.74) is 2.59. The van der Waals surface area contributed by atoms with Gasteiger partial charge in [0, 0.05) is 16.4 Å². The van der Waals surface area contributed by atoms with Gasteiger partial charge in [-0.15, -0.1) is 0 Å². The lowest BCUT2D eigenvalue weighted by Crippen LogP contribution is -2.45. The Morgan fingerprint density at radius 2 is 1.57 bits per heavy atom. The Hall–Kier alpha value is -3.08. The van der Waals surface area contributed by atoms with E-state index in [-0.39, 0.29) is 4.90 Å². The Bertz CT molecular complexity index is 1460. The van der Waals surface area contributed by atoms with Crippen LogP contribution in [-0.4, -0.2) is 35.0 Å². The Kier molecular flexibility index (Phi) is 7.78. The van der Waals surface area contributed by atoms with E-state index >= 15 is 0 Å². The third-order valence-electron chi connectivity index (χ3n) is 5.20. The second-order valence-corrected chi connectivity index (χ2v) is 12.1. The van der Waals surface area contributed by atoms with Crippen molar-refractivity contribution in [2.45, 2.75) is 31.7 Å². The van der Waals surface area contributed by atoms with Crippen LogP contribution in [0, 0.1) is 13.8 Å². The summed E-state index contributed by atoms with van der Waals surface area (Å²) in [5, 5.41) is 2.98. The minimum Gasteiger partial charge on any atom is -0.324 e. The fraction of sp³-hybridized carbons (Fsp3) is 0.208. The topological polar surface area (TPSA) is 113 Å². The van der Waals surface area contributed by atoms with Gasteiger partial charge in [0.25, 0.3) is 10.0 Å². The summed E-state index contributed by atoms with van der Waals surface area (Å²) in [6.45, 7) is 5.04.